The lowest BCUT2D eigenvalue weighted by Crippen LogP contribution is -2.43. The quantitative estimate of drug-likeness (QED) is 0.379. The summed E-state index contributed by atoms with van der Waals surface area (Å²) in [6, 6.07) is 3.59. The van der Waals surface area contributed by atoms with Gasteiger partial charge in [0.25, 0.3) is 0 Å². The molecule has 110 valence electrons. The van der Waals surface area contributed by atoms with Gasteiger partial charge in [0.05, 0.1) is 5.56 Å². The molecule has 0 aliphatic carbocycles. The van der Waals surface area contributed by atoms with Gasteiger partial charge < -0.3 is 0 Å². The summed E-state index contributed by atoms with van der Waals surface area (Å²) in [7, 11) is -1.73. The molecule has 4 heteroatoms. The third-order valence-electron chi connectivity index (χ3n) is 4.09. The van der Waals surface area contributed by atoms with Gasteiger partial charge in [0.2, 0.25) is 0 Å². The first kappa shape index (κ1) is 17.6. The number of aromatic nitrogens is 1. The maximum atomic E-state index is 6.11. The summed E-state index contributed by atoms with van der Waals surface area (Å²) in [6.07, 6.45) is 0. The molecule has 0 fully saturated rings. The van der Waals surface area contributed by atoms with E-state index in [0.29, 0.717) is 26.9 Å². The molecule has 1 aromatic heterocycles. The standard InChI is InChI=1S/C16H23Cl2NSi/c1-11(2)20(12(3)4,13(5)6)10-9-14-7-8-15(17)19-16(14)18/h7-8,11-13H,1-6H3. The summed E-state index contributed by atoms with van der Waals surface area (Å²) in [6.45, 7) is 13.8. The van der Waals surface area contributed by atoms with Gasteiger partial charge in [-0.1, -0.05) is 70.7 Å². The van der Waals surface area contributed by atoms with E-state index in [1.807, 2.05) is 6.07 Å². The fourth-order valence-corrected chi connectivity index (χ4v) is 8.72. The summed E-state index contributed by atoms with van der Waals surface area (Å²) in [5, 5.41) is 0.796. The van der Waals surface area contributed by atoms with Crippen molar-refractivity contribution in [3.05, 3.63) is 28.0 Å². The van der Waals surface area contributed by atoms with Crippen molar-refractivity contribution in [2.45, 2.75) is 58.2 Å². The molecule has 0 bridgehead atoms. The average Bonchev–Trinajstić information content (AvgIpc) is 2.30. The monoisotopic (exact) mass is 327 g/mol. The SMILES string of the molecule is CC(C)[Si](C#Cc1ccc(Cl)nc1Cl)(C(C)C)C(C)C. The number of halogens is 2. The molecule has 0 saturated carbocycles. The van der Waals surface area contributed by atoms with Crippen LogP contribution in [0.15, 0.2) is 12.1 Å². The van der Waals surface area contributed by atoms with Crippen LogP contribution in [-0.2, 0) is 0 Å². The Morgan fingerprint density at radius 2 is 1.45 bits per heavy atom. The molecule has 1 rings (SSSR count). The predicted molar refractivity (Wildman–Crippen MR) is 92.2 cm³/mol. The first-order chi connectivity index (χ1) is 9.21. The number of rotatable bonds is 3. The second-order valence-electron chi connectivity index (χ2n) is 6.12. The third-order valence-corrected chi connectivity index (χ3v) is 10.9. The third kappa shape index (κ3) is 3.58. The number of hydrogen-bond donors (Lipinski definition) is 0. The highest BCUT2D eigenvalue weighted by Gasteiger charge is 2.41. The van der Waals surface area contributed by atoms with Gasteiger partial charge in [-0.3, -0.25) is 0 Å². The van der Waals surface area contributed by atoms with Crippen LogP contribution in [0.25, 0.3) is 0 Å². The predicted octanol–water partition coefficient (Wildman–Crippen LogP) is 5.96. The number of nitrogens with zero attached hydrogens (tertiary/aromatic N) is 1. The van der Waals surface area contributed by atoms with Crippen LogP contribution in [-0.4, -0.2) is 13.1 Å². The molecule has 0 radical (unpaired) electrons. The Bertz CT molecular complexity index is 505. The minimum atomic E-state index is -1.73. The largest absolute Gasteiger partial charge is 0.223 e. The highest BCUT2D eigenvalue weighted by molar-refractivity contribution is 6.90. The van der Waals surface area contributed by atoms with E-state index in [4.69, 9.17) is 23.2 Å². The summed E-state index contributed by atoms with van der Waals surface area (Å²) >= 11 is 11.9. The van der Waals surface area contributed by atoms with Crippen LogP contribution in [0.2, 0.25) is 26.9 Å². The fourth-order valence-electron chi connectivity index (χ4n) is 3.11. The summed E-state index contributed by atoms with van der Waals surface area (Å²) in [5.41, 5.74) is 6.22. The maximum Gasteiger partial charge on any atom is 0.146 e. The van der Waals surface area contributed by atoms with Crippen LogP contribution in [0, 0.1) is 11.5 Å². The molecule has 0 aromatic carbocycles. The van der Waals surface area contributed by atoms with Crippen LogP contribution in [0.1, 0.15) is 47.1 Å². The van der Waals surface area contributed by atoms with Crippen molar-refractivity contribution in [1.82, 2.24) is 4.98 Å². The van der Waals surface area contributed by atoms with Gasteiger partial charge in [0, 0.05) is 0 Å². The topological polar surface area (TPSA) is 12.9 Å². The smallest absolute Gasteiger partial charge is 0.146 e. The van der Waals surface area contributed by atoms with Crippen molar-refractivity contribution >= 4 is 31.3 Å². The van der Waals surface area contributed by atoms with Crippen LogP contribution in [0.5, 0.6) is 0 Å². The van der Waals surface area contributed by atoms with Gasteiger partial charge in [-0.05, 0) is 28.8 Å². The molecule has 1 nitrogen and oxygen atoms in total. The molecule has 0 saturated heterocycles. The van der Waals surface area contributed by atoms with Gasteiger partial charge in [0.1, 0.15) is 18.4 Å². The van der Waals surface area contributed by atoms with E-state index in [-0.39, 0.29) is 0 Å². The van der Waals surface area contributed by atoms with Gasteiger partial charge in [-0.25, -0.2) is 4.98 Å². The zero-order chi connectivity index (χ0) is 15.5. The molecule has 0 spiro atoms. The lowest BCUT2D eigenvalue weighted by Gasteiger charge is -2.38. The molecule has 0 aliphatic rings. The number of hydrogen-bond acceptors (Lipinski definition) is 1. The Balaban J connectivity index is 3.30. The minimum absolute atomic E-state index is 0.393. The molecule has 0 amide bonds. The first-order valence-electron chi connectivity index (χ1n) is 7.07. The summed E-state index contributed by atoms with van der Waals surface area (Å²) < 4.78 is 0. The Labute approximate surface area is 134 Å². The molecule has 20 heavy (non-hydrogen) atoms. The lowest BCUT2D eigenvalue weighted by molar-refractivity contribution is 0.838. The van der Waals surface area contributed by atoms with Crippen molar-refractivity contribution < 1.29 is 0 Å². The van der Waals surface area contributed by atoms with Gasteiger partial charge in [-0.15, -0.1) is 5.54 Å². The lowest BCUT2D eigenvalue weighted by atomic mass is 10.3. The average molecular weight is 328 g/mol. The van der Waals surface area contributed by atoms with Gasteiger partial charge >= 0.3 is 0 Å². The zero-order valence-electron chi connectivity index (χ0n) is 13.1. The molecule has 1 aromatic rings. The Morgan fingerprint density at radius 1 is 0.950 bits per heavy atom. The minimum Gasteiger partial charge on any atom is -0.223 e. The van der Waals surface area contributed by atoms with Crippen molar-refractivity contribution in [3.63, 3.8) is 0 Å². The second-order valence-corrected chi connectivity index (χ2v) is 12.4. The highest BCUT2D eigenvalue weighted by Crippen LogP contribution is 2.40. The number of pyridine rings is 1. The zero-order valence-corrected chi connectivity index (χ0v) is 15.6. The van der Waals surface area contributed by atoms with Gasteiger partial charge in [-0.2, -0.15) is 0 Å². The van der Waals surface area contributed by atoms with E-state index < -0.39 is 8.07 Å². The van der Waals surface area contributed by atoms with Crippen LogP contribution in [0.4, 0.5) is 0 Å². The summed E-state index contributed by atoms with van der Waals surface area (Å²) in [4.78, 5) is 4.05. The van der Waals surface area contributed by atoms with Crippen molar-refractivity contribution in [2.75, 3.05) is 0 Å². The van der Waals surface area contributed by atoms with E-state index in [1.165, 1.54) is 0 Å². The molecular formula is C16H23Cl2NSi. The molecule has 0 aliphatic heterocycles. The van der Waals surface area contributed by atoms with Crippen LogP contribution < -0.4 is 0 Å². The van der Waals surface area contributed by atoms with E-state index in [1.54, 1.807) is 6.07 Å². The van der Waals surface area contributed by atoms with E-state index in [0.717, 1.165) is 5.56 Å². The normalized spacial score (nSPS) is 11.9. The fraction of sp³-hybridized carbons (Fsp3) is 0.562. The maximum absolute atomic E-state index is 6.11. The Hall–Kier alpha value is -0.493. The Kier molecular flexibility index (Phi) is 6.13. The first-order valence-corrected chi connectivity index (χ1v) is 10.1. The van der Waals surface area contributed by atoms with Crippen molar-refractivity contribution in [2.24, 2.45) is 0 Å². The van der Waals surface area contributed by atoms with Crippen molar-refractivity contribution in [3.8, 4) is 11.5 Å². The second kappa shape index (κ2) is 6.98. The van der Waals surface area contributed by atoms with E-state index in [9.17, 15) is 0 Å². The van der Waals surface area contributed by atoms with E-state index >= 15 is 0 Å². The Morgan fingerprint density at radius 3 is 1.85 bits per heavy atom. The van der Waals surface area contributed by atoms with Crippen LogP contribution in [0.3, 0.4) is 0 Å². The van der Waals surface area contributed by atoms with Crippen molar-refractivity contribution in [1.29, 1.82) is 0 Å². The molecule has 0 unspecified atom stereocenters. The highest BCUT2D eigenvalue weighted by atomic mass is 35.5. The van der Waals surface area contributed by atoms with Crippen LogP contribution >= 0.6 is 23.2 Å². The summed E-state index contributed by atoms with van der Waals surface area (Å²) in [5.74, 6) is 3.28. The van der Waals surface area contributed by atoms with E-state index in [2.05, 4.69) is 58.0 Å². The molecule has 0 N–H and O–H groups in total. The molecular weight excluding hydrogens is 305 g/mol. The van der Waals surface area contributed by atoms with Gasteiger partial charge in [0.15, 0.2) is 0 Å². The molecule has 1 heterocycles. The molecule has 0 atom stereocenters.